The van der Waals surface area contributed by atoms with Crippen LogP contribution in [0.1, 0.15) is 47.5 Å². The van der Waals surface area contributed by atoms with Crippen molar-refractivity contribution >= 4 is 5.91 Å². The van der Waals surface area contributed by atoms with Crippen molar-refractivity contribution in [1.82, 2.24) is 10.1 Å². The molecule has 6 nitrogen and oxygen atoms in total. The fourth-order valence-electron chi connectivity index (χ4n) is 4.12. The lowest BCUT2D eigenvalue weighted by molar-refractivity contribution is -0.0953. The third-order valence-corrected chi connectivity index (χ3v) is 5.41. The highest BCUT2D eigenvalue weighted by atomic mass is 16.5. The van der Waals surface area contributed by atoms with E-state index in [0.29, 0.717) is 24.7 Å². The van der Waals surface area contributed by atoms with E-state index in [1.165, 1.54) is 0 Å². The number of likely N-dealkylation sites (tertiary alicyclic amines) is 1. The lowest BCUT2D eigenvalue weighted by Crippen LogP contribution is -2.63. The highest BCUT2D eigenvalue weighted by Gasteiger charge is 2.51. The zero-order chi connectivity index (χ0) is 15.9. The zero-order valence-electron chi connectivity index (χ0n) is 13.7. The van der Waals surface area contributed by atoms with Crippen LogP contribution in [0.25, 0.3) is 0 Å². The Morgan fingerprint density at radius 2 is 2.22 bits per heavy atom. The number of aryl methyl sites for hydroxylation is 1. The molecule has 3 aliphatic rings. The SMILES string of the molecule is COCCC1COC2(C1)CN(C(=O)c1noc3c1CCCC3)C2. The second kappa shape index (κ2) is 5.91. The molecule has 1 unspecified atom stereocenters. The van der Waals surface area contributed by atoms with Gasteiger partial charge in [-0.1, -0.05) is 5.16 Å². The van der Waals surface area contributed by atoms with E-state index < -0.39 is 0 Å². The van der Waals surface area contributed by atoms with Crippen molar-refractivity contribution in [2.45, 2.75) is 44.1 Å². The monoisotopic (exact) mass is 320 g/mol. The number of amides is 1. The largest absolute Gasteiger partial charge is 0.385 e. The molecule has 0 aromatic carbocycles. The van der Waals surface area contributed by atoms with Gasteiger partial charge in [-0.25, -0.2) is 0 Å². The maximum atomic E-state index is 12.7. The van der Waals surface area contributed by atoms with Gasteiger partial charge in [0.25, 0.3) is 5.91 Å². The van der Waals surface area contributed by atoms with Crippen molar-refractivity contribution in [3.05, 3.63) is 17.0 Å². The predicted molar refractivity (Wildman–Crippen MR) is 82.3 cm³/mol. The van der Waals surface area contributed by atoms with Crippen LogP contribution < -0.4 is 0 Å². The number of rotatable bonds is 4. The van der Waals surface area contributed by atoms with Gasteiger partial charge in [0.15, 0.2) is 5.69 Å². The molecule has 6 heteroatoms. The maximum absolute atomic E-state index is 12.7. The Kier molecular flexibility index (Phi) is 3.89. The third-order valence-electron chi connectivity index (χ3n) is 5.41. The summed E-state index contributed by atoms with van der Waals surface area (Å²) in [5.74, 6) is 1.46. The molecule has 1 amide bonds. The van der Waals surface area contributed by atoms with E-state index >= 15 is 0 Å². The number of nitrogens with zero attached hydrogens (tertiary/aromatic N) is 2. The maximum Gasteiger partial charge on any atom is 0.276 e. The van der Waals surface area contributed by atoms with Gasteiger partial charge in [0.05, 0.1) is 19.7 Å². The first kappa shape index (κ1) is 15.1. The molecule has 3 heterocycles. The molecule has 2 fully saturated rings. The average Bonchev–Trinajstić information content (AvgIpc) is 3.15. The van der Waals surface area contributed by atoms with Crippen LogP contribution in [0.5, 0.6) is 0 Å². The highest BCUT2D eigenvalue weighted by Crippen LogP contribution is 2.40. The van der Waals surface area contributed by atoms with Gasteiger partial charge in [-0.2, -0.15) is 0 Å². The molecule has 0 N–H and O–H groups in total. The van der Waals surface area contributed by atoms with Gasteiger partial charge >= 0.3 is 0 Å². The molecule has 0 saturated carbocycles. The molecule has 2 saturated heterocycles. The molecule has 1 spiro atoms. The number of methoxy groups -OCH3 is 1. The quantitative estimate of drug-likeness (QED) is 0.847. The number of hydrogen-bond acceptors (Lipinski definition) is 5. The van der Waals surface area contributed by atoms with Gasteiger partial charge in [0, 0.05) is 25.7 Å². The molecular weight excluding hydrogens is 296 g/mol. The summed E-state index contributed by atoms with van der Waals surface area (Å²) >= 11 is 0. The van der Waals surface area contributed by atoms with Crippen LogP contribution >= 0.6 is 0 Å². The van der Waals surface area contributed by atoms with Crippen molar-refractivity contribution in [2.75, 3.05) is 33.4 Å². The predicted octanol–water partition coefficient (Wildman–Crippen LogP) is 1.82. The van der Waals surface area contributed by atoms with Gasteiger partial charge in [-0.3, -0.25) is 4.79 Å². The summed E-state index contributed by atoms with van der Waals surface area (Å²) < 4.78 is 16.5. The molecular formula is C17H24N2O4. The van der Waals surface area contributed by atoms with Gasteiger partial charge in [-0.15, -0.1) is 0 Å². The Morgan fingerprint density at radius 1 is 1.39 bits per heavy atom. The normalized spacial score (nSPS) is 25.4. The number of aromatic nitrogens is 1. The first-order valence-electron chi connectivity index (χ1n) is 8.60. The summed E-state index contributed by atoms with van der Waals surface area (Å²) in [6.45, 7) is 2.91. The summed E-state index contributed by atoms with van der Waals surface area (Å²) in [5, 5.41) is 4.05. The molecule has 126 valence electrons. The first-order valence-corrected chi connectivity index (χ1v) is 8.60. The topological polar surface area (TPSA) is 64.8 Å². The van der Waals surface area contributed by atoms with Crippen molar-refractivity contribution < 1.29 is 18.8 Å². The van der Waals surface area contributed by atoms with E-state index in [1.807, 2.05) is 4.90 Å². The molecule has 1 aromatic heterocycles. The fourth-order valence-corrected chi connectivity index (χ4v) is 4.12. The molecule has 2 aliphatic heterocycles. The smallest absolute Gasteiger partial charge is 0.276 e. The van der Waals surface area contributed by atoms with Crippen LogP contribution in [0.2, 0.25) is 0 Å². The Bertz CT molecular complexity index is 591. The van der Waals surface area contributed by atoms with Crippen LogP contribution in [0.4, 0.5) is 0 Å². The summed E-state index contributed by atoms with van der Waals surface area (Å²) in [5.41, 5.74) is 1.44. The Hall–Kier alpha value is -1.40. The van der Waals surface area contributed by atoms with Gasteiger partial charge in [-0.05, 0) is 38.0 Å². The van der Waals surface area contributed by atoms with Crippen molar-refractivity contribution in [2.24, 2.45) is 5.92 Å². The first-order chi connectivity index (χ1) is 11.2. The van der Waals surface area contributed by atoms with Crippen LogP contribution in [-0.4, -0.2) is 55.0 Å². The summed E-state index contributed by atoms with van der Waals surface area (Å²) in [6, 6.07) is 0. The summed E-state index contributed by atoms with van der Waals surface area (Å²) in [7, 11) is 1.73. The molecule has 0 radical (unpaired) electrons. The van der Waals surface area contributed by atoms with Crippen molar-refractivity contribution in [1.29, 1.82) is 0 Å². The summed E-state index contributed by atoms with van der Waals surface area (Å²) in [4.78, 5) is 14.5. The van der Waals surface area contributed by atoms with E-state index in [4.69, 9.17) is 14.0 Å². The van der Waals surface area contributed by atoms with Crippen molar-refractivity contribution in [3.63, 3.8) is 0 Å². The van der Waals surface area contributed by atoms with Crippen LogP contribution in [0.15, 0.2) is 4.52 Å². The van der Waals surface area contributed by atoms with Gasteiger partial charge < -0.3 is 18.9 Å². The minimum atomic E-state index is -0.127. The van der Waals surface area contributed by atoms with Crippen molar-refractivity contribution in [3.8, 4) is 0 Å². The van der Waals surface area contributed by atoms with E-state index in [1.54, 1.807) is 7.11 Å². The molecule has 23 heavy (non-hydrogen) atoms. The zero-order valence-corrected chi connectivity index (χ0v) is 13.7. The highest BCUT2D eigenvalue weighted by molar-refractivity contribution is 5.94. The Morgan fingerprint density at radius 3 is 3.04 bits per heavy atom. The molecule has 1 aromatic rings. The number of fused-ring (bicyclic) bond motifs is 1. The molecule has 1 aliphatic carbocycles. The average molecular weight is 320 g/mol. The van der Waals surface area contributed by atoms with Crippen LogP contribution in [-0.2, 0) is 22.3 Å². The number of carbonyl (C=O) groups is 1. The third kappa shape index (κ3) is 2.68. The van der Waals surface area contributed by atoms with E-state index in [2.05, 4.69) is 5.16 Å². The lowest BCUT2D eigenvalue weighted by atomic mass is 9.85. The molecule has 0 bridgehead atoms. The molecule has 4 rings (SSSR count). The van der Waals surface area contributed by atoms with Crippen LogP contribution in [0, 0.1) is 5.92 Å². The number of ether oxygens (including phenoxy) is 2. The fraction of sp³-hybridized carbons (Fsp3) is 0.765. The van der Waals surface area contributed by atoms with Gasteiger partial charge in [0.2, 0.25) is 0 Å². The Labute approximate surface area is 136 Å². The van der Waals surface area contributed by atoms with E-state index in [9.17, 15) is 4.79 Å². The second-order valence-electron chi connectivity index (χ2n) is 7.15. The minimum Gasteiger partial charge on any atom is -0.385 e. The van der Waals surface area contributed by atoms with Gasteiger partial charge in [0.1, 0.15) is 11.4 Å². The minimum absolute atomic E-state index is 0.00599. The lowest BCUT2D eigenvalue weighted by Gasteiger charge is -2.46. The standard InChI is InChI=1S/C17H24N2O4/c1-21-7-6-12-8-17(22-9-12)10-19(11-17)16(20)15-13-4-2-3-5-14(13)23-18-15/h12H,2-11H2,1H3. The molecule has 1 atom stereocenters. The Balaban J connectivity index is 1.37. The number of carbonyl (C=O) groups excluding carboxylic acids is 1. The second-order valence-corrected chi connectivity index (χ2v) is 7.15. The van der Waals surface area contributed by atoms with E-state index in [0.717, 1.165) is 63.1 Å². The number of hydrogen-bond donors (Lipinski definition) is 0. The van der Waals surface area contributed by atoms with Crippen LogP contribution in [0.3, 0.4) is 0 Å². The van der Waals surface area contributed by atoms with E-state index in [-0.39, 0.29) is 11.5 Å². The summed E-state index contributed by atoms with van der Waals surface area (Å²) in [6.07, 6.45) is 6.11.